The molecule has 4 aliphatic rings. The van der Waals surface area contributed by atoms with Crippen molar-refractivity contribution in [2.24, 2.45) is 0 Å². The minimum atomic E-state index is -0.757. The number of hydrogen-bond donors (Lipinski definition) is 1. The molecule has 0 saturated heterocycles. The van der Waals surface area contributed by atoms with E-state index in [-0.39, 0.29) is 28.9 Å². The number of ether oxygens (including phenoxy) is 1. The molecule has 0 unspecified atom stereocenters. The topological polar surface area (TPSA) is 90.1 Å². The van der Waals surface area contributed by atoms with Crippen LogP contribution in [0.3, 0.4) is 0 Å². The Hall–Kier alpha value is -2.58. The number of amides is 1. The van der Waals surface area contributed by atoms with Gasteiger partial charge in [0.05, 0.1) is 11.5 Å². The van der Waals surface area contributed by atoms with Crippen LogP contribution >= 0.6 is 11.6 Å². The lowest BCUT2D eigenvalue weighted by Crippen LogP contribution is -2.76. The fraction of sp³-hybridized carbons (Fsp3) is 0.455. The van der Waals surface area contributed by atoms with Crippen LogP contribution in [0.15, 0.2) is 34.9 Å². The molecule has 1 amide bonds. The number of carbonyl (C=O) groups excluding carboxylic acids is 1. The predicted octanol–water partition coefficient (Wildman–Crippen LogP) is 4.06. The van der Waals surface area contributed by atoms with Crippen molar-refractivity contribution in [2.45, 2.75) is 55.1 Å². The van der Waals surface area contributed by atoms with Crippen LogP contribution in [0.25, 0.3) is 10.8 Å². The number of nitrogens with one attached hydrogen (secondary N) is 1. The maximum atomic E-state index is 12.8. The third-order valence-electron chi connectivity index (χ3n) is 6.96. The summed E-state index contributed by atoms with van der Waals surface area (Å²) in [5.74, 6) is 1.23. The number of fused-ring (bicyclic) bond motifs is 1. The summed E-state index contributed by atoms with van der Waals surface area (Å²) < 4.78 is 23.1. The van der Waals surface area contributed by atoms with Gasteiger partial charge in [-0.25, -0.2) is 4.39 Å². The molecule has 2 heterocycles. The van der Waals surface area contributed by atoms with Crippen molar-refractivity contribution in [1.82, 2.24) is 20.5 Å². The molecule has 2 bridgehead atoms. The number of alkyl halides is 1. The monoisotopic (exact) mass is 442 g/mol. The average molecular weight is 443 g/mol. The molecular formula is C22H20ClFN4O3. The zero-order chi connectivity index (χ0) is 21.2. The van der Waals surface area contributed by atoms with Gasteiger partial charge < -0.3 is 14.5 Å². The third kappa shape index (κ3) is 3.03. The van der Waals surface area contributed by atoms with Gasteiger partial charge in [-0.1, -0.05) is 17.7 Å². The normalized spacial score (nSPS) is 30.9. The molecule has 0 aliphatic heterocycles. The molecule has 4 saturated carbocycles. The first-order chi connectivity index (χ1) is 15.0. The van der Waals surface area contributed by atoms with Gasteiger partial charge in [-0.2, -0.15) is 0 Å². The number of carbonyl (C=O) groups is 1. The Morgan fingerprint density at radius 3 is 2.81 bits per heavy atom. The van der Waals surface area contributed by atoms with Gasteiger partial charge in [-0.3, -0.25) is 9.78 Å². The van der Waals surface area contributed by atoms with Crippen LogP contribution in [0.1, 0.15) is 60.3 Å². The first kappa shape index (κ1) is 19.1. The first-order valence-corrected chi connectivity index (χ1v) is 10.7. The second kappa shape index (κ2) is 6.71. The molecule has 2 aromatic heterocycles. The molecule has 7 nitrogen and oxygen atoms in total. The number of rotatable bonds is 6. The van der Waals surface area contributed by atoms with Gasteiger partial charge in [0.2, 0.25) is 11.8 Å². The molecule has 4 aliphatic carbocycles. The summed E-state index contributed by atoms with van der Waals surface area (Å²) in [6.45, 7) is -0.757. The van der Waals surface area contributed by atoms with Crippen LogP contribution in [0.5, 0.6) is 0 Å². The van der Waals surface area contributed by atoms with E-state index in [1.54, 1.807) is 18.3 Å². The first-order valence-electron chi connectivity index (χ1n) is 10.4. The van der Waals surface area contributed by atoms with Gasteiger partial charge >= 0.3 is 0 Å². The standard InChI is InChI=1S/C22H20ClFN4O3/c23-15-2-1-12-6-17(25-7-14(12)3-15)18(29)26-22-8-21(9-22,10-22)20-28-27-19(31-20)13-4-16(5-13)30-11-24/h1-3,6-7,13,16H,4-5,8-11H2,(H,26,29). The zero-order valence-electron chi connectivity index (χ0n) is 16.6. The van der Waals surface area contributed by atoms with Gasteiger partial charge in [0.15, 0.2) is 6.86 Å². The van der Waals surface area contributed by atoms with E-state index < -0.39 is 6.86 Å². The van der Waals surface area contributed by atoms with E-state index in [1.165, 1.54) is 0 Å². The summed E-state index contributed by atoms with van der Waals surface area (Å²) in [4.78, 5) is 17.1. The predicted molar refractivity (Wildman–Crippen MR) is 110 cm³/mol. The maximum Gasteiger partial charge on any atom is 0.270 e. The molecule has 31 heavy (non-hydrogen) atoms. The minimum Gasteiger partial charge on any atom is -0.424 e. The molecule has 1 N–H and O–H groups in total. The van der Waals surface area contributed by atoms with Crippen LogP contribution in [-0.2, 0) is 10.2 Å². The molecule has 4 fully saturated rings. The number of nitrogens with zero attached hydrogens (tertiary/aromatic N) is 3. The van der Waals surface area contributed by atoms with Crippen molar-refractivity contribution in [2.75, 3.05) is 6.86 Å². The van der Waals surface area contributed by atoms with Crippen molar-refractivity contribution in [3.05, 3.63) is 53.0 Å². The van der Waals surface area contributed by atoms with E-state index in [9.17, 15) is 9.18 Å². The van der Waals surface area contributed by atoms with Crippen molar-refractivity contribution in [3.63, 3.8) is 0 Å². The zero-order valence-corrected chi connectivity index (χ0v) is 17.4. The Kier molecular flexibility index (Phi) is 4.14. The molecule has 0 radical (unpaired) electrons. The van der Waals surface area contributed by atoms with Gasteiger partial charge in [0.1, 0.15) is 5.69 Å². The summed E-state index contributed by atoms with van der Waals surface area (Å²) in [5, 5.41) is 14.1. The summed E-state index contributed by atoms with van der Waals surface area (Å²) in [6.07, 6.45) is 5.40. The minimum absolute atomic E-state index is 0.0560. The summed E-state index contributed by atoms with van der Waals surface area (Å²) >= 11 is 6.01. The van der Waals surface area contributed by atoms with E-state index in [0.717, 1.165) is 30.0 Å². The number of hydrogen-bond acceptors (Lipinski definition) is 6. The Bertz CT molecular complexity index is 1170. The second-order valence-corrected chi connectivity index (χ2v) is 9.55. The van der Waals surface area contributed by atoms with E-state index in [1.807, 2.05) is 12.1 Å². The Labute approximate surface area is 182 Å². The molecule has 0 spiro atoms. The van der Waals surface area contributed by atoms with Crippen LogP contribution in [0, 0.1) is 0 Å². The largest absolute Gasteiger partial charge is 0.424 e. The Morgan fingerprint density at radius 2 is 2.03 bits per heavy atom. The SMILES string of the molecule is O=C(NC12CC(c3nnc(C4CC(OCF)C4)o3)(C1)C2)c1cc2ccc(Cl)cc2cn1. The molecule has 0 atom stereocenters. The highest BCUT2D eigenvalue weighted by Crippen LogP contribution is 2.67. The van der Waals surface area contributed by atoms with Crippen LogP contribution in [0.2, 0.25) is 5.02 Å². The van der Waals surface area contributed by atoms with E-state index in [0.29, 0.717) is 35.3 Å². The quantitative estimate of drug-likeness (QED) is 0.619. The number of aromatic nitrogens is 3. The molecule has 9 heteroatoms. The smallest absolute Gasteiger partial charge is 0.270 e. The lowest BCUT2D eigenvalue weighted by Gasteiger charge is -2.68. The van der Waals surface area contributed by atoms with Crippen LogP contribution in [-0.4, -0.2) is 39.6 Å². The van der Waals surface area contributed by atoms with Crippen LogP contribution < -0.4 is 5.32 Å². The Balaban J connectivity index is 1.09. The Morgan fingerprint density at radius 1 is 1.23 bits per heavy atom. The maximum absolute atomic E-state index is 12.8. The van der Waals surface area contributed by atoms with Crippen LogP contribution in [0.4, 0.5) is 4.39 Å². The molecule has 3 aromatic rings. The van der Waals surface area contributed by atoms with E-state index in [4.69, 9.17) is 20.8 Å². The highest BCUT2D eigenvalue weighted by molar-refractivity contribution is 6.31. The van der Waals surface area contributed by atoms with Gasteiger partial charge in [-0.15, -0.1) is 10.2 Å². The van der Waals surface area contributed by atoms with E-state index >= 15 is 0 Å². The van der Waals surface area contributed by atoms with Gasteiger partial charge in [0.25, 0.3) is 5.91 Å². The number of benzene rings is 1. The average Bonchev–Trinajstić information content (AvgIpc) is 3.14. The van der Waals surface area contributed by atoms with E-state index in [2.05, 4.69) is 20.5 Å². The molecule has 160 valence electrons. The second-order valence-electron chi connectivity index (χ2n) is 9.12. The fourth-order valence-electron chi connectivity index (χ4n) is 5.30. The molecular weight excluding hydrogens is 423 g/mol. The summed E-state index contributed by atoms with van der Waals surface area (Å²) in [5.41, 5.74) is 0.0347. The molecule has 1 aromatic carbocycles. The van der Waals surface area contributed by atoms with Crippen molar-refractivity contribution < 1.29 is 18.3 Å². The van der Waals surface area contributed by atoms with Crippen molar-refractivity contribution >= 4 is 28.3 Å². The highest BCUT2D eigenvalue weighted by atomic mass is 35.5. The van der Waals surface area contributed by atoms with Gasteiger partial charge in [0, 0.05) is 28.1 Å². The lowest BCUT2D eigenvalue weighted by atomic mass is 9.39. The number of halogens is 2. The van der Waals surface area contributed by atoms with Gasteiger partial charge in [-0.05, 0) is 55.7 Å². The number of pyridine rings is 1. The van der Waals surface area contributed by atoms with Crippen molar-refractivity contribution in [1.29, 1.82) is 0 Å². The fourth-order valence-corrected chi connectivity index (χ4v) is 5.48. The molecule has 7 rings (SSSR count). The van der Waals surface area contributed by atoms with Crippen molar-refractivity contribution in [3.8, 4) is 0 Å². The third-order valence-corrected chi connectivity index (χ3v) is 7.20. The highest BCUT2D eigenvalue weighted by Gasteiger charge is 2.72. The summed E-state index contributed by atoms with van der Waals surface area (Å²) in [6, 6.07) is 7.29. The lowest BCUT2D eigenvalue weighted by molar-refractivity contribution is -0.0977. The summed E-state index contributed by atoms with van der Waals surface area (Å²) in [7, 11) is 0.